The molecule has 0 aliphatic heterocycles. The van der Waals surface area contributed by atoms with Crippen LogP contribution >= 0.6 is 27.3 Å². The lowest BCUT2D eigenvalue weighted by Gasteiger charge is -2.34. The number of carboxylic acid groups (broad SMARTS) is 1. The van der Waals surface area contributed by atoms with Gasteiger partial charge in [0.05, 0.1) is 16.5 Å². The van der Waals surface area contributed by atoms with Crippen LogP contribution in [0, 0.1) is 0 Å². The van der Waals surface area contributed by atoms with Crippen LogP contribution in [0.5, 0.6) is 5.75 Å². The van der Waals surface area contributed by atoms with Gasteiger partial charge in [-0.15, -0.1) is 11.3 Å². The fraction of sp³-hybridized carbons (Fsp3) is 0.517. The normalized spacial score (nSPS) is 13.8. The number of anilines is 1. The number of amides is 2. The largest absolute Gasteiger partial charge is 0.481 e. The molecule has 0 atom stereocenters. The van der Waals surface area contributed by atoms with Gasteiger partial charge in [-0.2, -0.15) is 0 Å². The summed E-state index contributed by atoms with van der Waals surface area (Å²) in [7, 11) is 1.27. The highest BCUT2D eigenvalue weighted by atomic mass is 79.9. The van der Waals surface area contributed by atoms with Gasteiger partial charge in [0.1, 0.15) is 5.60 Å². The third kappa shape index (κ3) is 9.19. The van der Waals surface area contributed by atoms with E-state index < -0.39 is 30.1 Å². The molecule has 1 aromatic carbocycles. The Labute approximate surface area is 252 Å². The van der Waals surface area contributed by atoms with Gasteiger partial charge in [-0.05, 0) is 73.7 Å². The summed E-state index contributed by atoms with van der Waals surface area (Å²) in [5.74, 6) is -1.92. The number of carbonyl (C=O) groups excluding carboxylic acids is 3. The number of ether oxygens (including phenoxy) is 3. The van der Waals surface area contributed by atoms with Crippen LogP contribution < -0.4 is 15.0 Å². The van der Waals surface area contributed by atoms with Crippen molar-refractivity contribution in [1.29, 1.82) is 0 Å². The predicted molar refractivity (Wildman–Crippen MR) is 160 cm³/mol. The van der Waals surface area contributed by atoms with E-state index in [1.165, 1.54) is 7.11 Å². The van der Waals surface area contributed by atoms with Crippen molar-refractivity contribution in [2.45, 2.75) is 77.4 Å². The second kappa shape index (κ2) is 14.7. The van der Waals surface area contributed by atoms with Gasteiger partial charge < -0.3 is 24.6 Å². The minimum Gasteiger partial charge on any atom is -0.481 e. The maximum absolute atomic E-state index is 13.4. The number of urea groups is 1. The summed E-state index contributed by atoms with van der Waals surface area (Å²) in [6.45, 7) is 5.12. The van der Waals surface area contributed by atoms with Gasteiger partial charge in [0, 0.05) is 24.7 Å². The fourth-order valence-corrected chi connectivity index (χ4v) is 6.56. The summed E-state index contributed by atoms with van der Waals surface area (Å²) in [5, 5.41) is 11.8. The Balaban J connectivity index is 1.92. The lowest BCUT2D eigenvalue weighted by molar-refractivity contribution is -0.157. The zero-order valence-electron chi connectivity index (χ0n) is 23.8. The number of carbonyl (C=O) groups is 4. The van der Waals surface area contributed by atoms with E-state index in [2.05, 4.69) is 21.2 Å². The number of rotatable bonds is 11. The molecule has 1 heterocycles. The zero-order chi connectivity index (χ0) is 30.2. The van der Waals surface area contributed by atoms with Gasteiger partial charge in [-0.1, -0.05) is 31.4 Å². The van der Waals surface area contributed by atoms with Gasteiger partial charge in [-0.25, -0.2) is 14.4 Å². The van der Waals surface area contributed by atoms with Crippen molar-refractivity contribution in [2.75, 3.05) is 25.2 Å². The first-order chi connectivity index (χ1) is 19.4. The fourth-order valence-electron chi connectivity index (χ4n) is 4.59. The van der Waals surface area contributed by atoms with E-state index in [9.17, 15) is 19.2 Å². The van der Waals surface area contributed by atoms with E-state index in [0.717, 1.165) is 49.0 Å². The van der Waals surface area contributed by atoms with Crippen LogP contribution in [0.25, 0.3) is 10.4 Å². The molecule has 2 N–H and O–H groups in total. The molecule has 41 heavy (non-hydrogen) atoms. The predicted octanol–water partition coefficient (Wildman–Crippen LogP) is 6.40. The maximum Gasteiger partial charge on any atom is 0.351 e. The maximum atomic E-state index is 13.4. The number of esters is 2. The quantitative estimate of drug-likeness (QED) is 0.211. The molecule has 0 saturated heterocycles. The minimum atomic E-state index is -0.904. The number of benzene rings is 1. The van der Waals surface area contributed by atoms with Crippen LogP contribution in [0.15, 0.2) is 28.7 Å². The highest BCUT2D eigenvalue weighted by Crippen LogP contribution is 2.46. The number of hydrogen-bond donors (Lipinski definition) is 2. The molecule has 10 nitrogen and oxygen atoms in total. The first-order valence-corrected chi connectivity index (χ1v) is 15.2. The summed E-state index contributed by atoms with van der Waals surface area (Å²) in [4.78, 5) is 51.8. The highest BCUT2D eigenvalue weighted by Gasteiger charge is 2.29. The van der Waals surface area contributed by atoms with Crippen LogP contribution in [0.3, 0.4) is 0 Å². The Morgan fingerprint density at radius 2 is 1.85 bits per heavy atom. The summed E-state index contributed by atoms with van der Waals surface area (Å²) < 4.78 is 16.5. The van der Waals surface area contributed by atoms with Crippen molar-refractivity contribution in [3.8, 4) is 16.2 Å². The minimum absolute atomic E-state index is 0.00334. The molecule has 2 amide bonds. The lowest BCUT2D eigenvalue weighted by atomic mass is 9.94. The third-order valence-corrected chi connectivity index (χ3v) is 8.54. The van der Waals surface area contributed by atoms with Crippen molar-refractivity contribution < 1.29 is 38.5 Å². The molecule has 1 aliphatic rings. The molecule has 0 radical (unpaired) electrons. The van der Waals surface area contributed by atoms with E-state index in [1.54, 1.807) is 25.7 Å². The Bertz CT molecular complexity index is 1250. The number of nitrogens with zero attached hydrogens (tertiary/aromatic N) is 1. The number of thiophene rings is 1. The van der Waals surface area contributed by atoms with Crippen molar-refractivity contribution in [1.82, 2.24) is 5.32 Å². The lowest BCUT2D eigenvalue weighted by Crippen LogP contribution is -2.47. The van der Waals surface area contributed by atoms with Crippen LogP contribution in [-0.2, 0) is 19.1 Å². The standard InChI is InChI=1S/C29H37BrN2O8S/c1-29(2,3)40-22(35)17-39-24-23(30)25(41-26(24)27(36)38-4)18-10-8-13-20(16-18)32(19-11-6-5-7-12-19)28(37)31-15-9-14-21(33)34/h8,10,13,16,19H,5-7,9,11-12,14-15,17H2,1-4H3,(H,31,37)(H,33,34). The van der Waals surface area contributed by atoms with E-state index in [-0.39, 0.29) is 35.7 Å². The SMILES string of the molecule is COC(=O)c1sc(-c2cccc(N(C(=O)NCCCC(=O)O)C3CCCCC3)c2)c(Br)c1OCC(=O)OC(C)(C)C. The van der Waals surface area contributed by atoms with Gasteiger partial charge in [0.2, 0.25) is 0 Å². The Morgan fingerprint density at radius 3 is 2.49 bits per heavy atom. The third-order valence-electron chi connectivity index (χ3n) is 6.32. The van der Waals surface area contributed by atoms with Gasteiger partial charge in [0.25, 0.3) is 0 Å². The first-order valence-electron chi connectivity index (χ1n) is 13.6. The first kappa shape index (κ1) is 32.4. The summed E-state index contributed by atoms with van der Waals surface area (Å²) in [6.07, 6.45) is 5.20. The molecule has 3 rings (SSSR count). The molecular weight excluding hydrogens is 616 g/mol. The summed E-state index contributed by atoms with van der Waals surface area (Å²) in [6, 6.07) is 7.16. The van der Waals surface area contributed by atoms with Crippen LogP contribution in [-0.4, -0.2) is 60.9 Å². The molecule has 1 aromatic heterocycles. The van der Waals surface area contributed by atoms with Crippen molar-refractivity contribution >= 4 is 56.9 Å². The average molecular weight is 654 g/mol. The second-order valence-electron chi connectivity index (χ2n) is 10.7. The van der Waals surface area contributed by atoms with E-state index >= 15 is 0 Å². The van der Waals surface area contributed by atoms with E-state index in [0.29, 0.717) is 21.5 Å². The Kier molecular flexibility index (Phi) is 11.6. The van der Waals surface area contributed by atoms with Crippen LogP contribution in [0.2, 0.25) is 0 Å². The number of hydrogen-bond acceptors (Lipinski definition) is 8. The molecule has 224 valence electrons. The van der Waals surface area contributed by atoms with E-state index in [1.807, 2.05) is 24.3 Å². The molecule has 1 saturated carbocycles. The number of halogens is 1. The van der Waals surface area contributed by atoms with Gasteiger partial charge in [0.15, 0.2) is 17.2 Å². The molecule has 0 unspecified atom stereocenters. The second-order valence-corrected chi connectivity index (χ2v) is 12.5. The number of aliphatic carboxylic acids is 1. The van der Waals surface area contributed by atoms with Crippen LogP contribution in [0.4, 0.5) is 10.5 Å². The average Bonchev–Trinajstić information content (AvgIpc) is 3.25. The zero-order valence-corrected chi connectivity index (χ0v) is 26.2. The Morgan fingerprint density at radius 1 is 1.15 bits per heavy atom. The van der Waals surface area contributed by atoms with Crippen LogP contribution in [0.1, 0.15) is 75.4 Å². The number of methoxy groups -OCH3 is 1. The molecule has 2 aromatic rings. The number of nitrogens with one attached hydrogen (secondary N) is 1. The van der Waals surface area contributed by atoms with Crippen molar-refractivity contribution in [3.05, 3.63) is 33.6 Å². The smallest absolute Gasteiger partial charge is 0.351 e. The summed E-state index contributed by atoms with van der Waals surface area (Å²) >= 11 is 4.70. The Hall–Kier alpha value is -3.12. The van der Waals surface area contributed by atoms with Gasteiger partial charge in [-0.3, -0.25) is 9.69 Å². The molecule has 1 fully saturated rings. The molecular formula is C29H37BrN2O8S. The van der Waals surface area contributed by atoms with E-state index in [4.69, 9.17) is 19.3 Å². The van der Waals surface area contributed by atoms with Gasteiger partial charge >= 0.3 is 23.9 Å². The molecule has 12 heteroatoms. The number of carboxylic acids is 1. The molecule has 0 bridgehead atoms. The van der Waals surface area contributed by atoms with Crippen molar-refractivity contribution in [3.63, 3.8) is 0 Å². The van der Waals surface area contributed by atoms with Crippen molar-refractivity contribution in [2.24, 2.45) is 0 Å². The topological polar surface area (TPSA) is 131 Å². The monoisotopic (exact) mass is 652 g/mol. The summed E-state index contributed by atoms with van der Waals surface area (Å²) in [5.41, 5.74) is 0.730. The highest BCUT2D eigenvalue weighted by molar-refractivity contribution is 9.10. The molecule has 0 spiro atoms. The molecule has 1 aliphatic carbocycles.